The Balaban J connectivity index is 3.13. The van der Waals surface area contributed by atoms with Crippen molar-refractivity contribution < 1.29 is 9.84 Å². The first-order valence-corrected chi connectivity index (χ1v) is 3.94. The first-order valence-electron chi connectivity index (χ1n) is 3.53. The fourth-order valence-electron chi connectivity index (χ4n) is 0.923. The van der Waals surface area contributed by atoms with Crippen molar-refractivity contribution in [3.8, 4) is 5.75 Å². The van der Waals surface area contributed by atoms with Gasteiger partial charge < -0.3 is 9.84 Å². The van der Waals surface area contributed by atoms with Gasteiger partial charge in [-0.2, -0.15) is 0 Å². The highest BCUT2D eigenvalue weighted by Gasteiger charge is 2.06. The number of aryl methyl sites for hydroxylation is 1. The van der Waals surface area contributed by atoms with Gasteiger partial charge in [0.1, 0.15) is 5.75 Å². The highest BCUT2D eigenvalue weighted by atomic mass is 32.1. The summed E-state index contributed by atoms with van der Waals surface area (Å²) in [5.74, 6) is 0.160. The number of ether oxygens (including phenoxy) is 1. The molecule has 0 bridgehead atoms. The van der Waals surface area contributed by atoms with Gasteiger partial charge in [0.05, 0.1) is 12.7 Å². The summed E-state index contributed by atoms with van der Waals surface area (Å²) in [5.41, 5.74) is 1.62. The molecule has 12 heavy (non-hydrogen) atoms. The summed E-state index contributed by atoms with van der Waals surface area (Å²) in [5, 5.41) is 9.68. The first-order chi connectivity index (χ1) is 5.65. The number of hydrogen-bond donors (Lipinski definition) is 1. The number of rotatable bonds is 1. The highest BCUT2D eigenvalue weighted by Crippen LogP contribution is 2.19. The van der Waals surface area contributed by atoms with E-state index in [4.69, 9.17) is 17.0 Å². The molecule has 1 aromatic rings. The molecule has 64 valence electrons. The van der Waals surface area contributed by atoms with E-state index in [0.717, 1.165) is 5.56 Å². The SMILES string of the molecule is COC(=S)c1cc(C)ccc1O. The normalized spacial score (nSPS) is 9.50. The molecule has 0 saturated heterocycles. The second-order valence-corrected chi connectivity index (χ2v) is 2.88. The third-order valence-electron chi connectivity index (χ3n) is 1.56. The lowest BCUT2D eigenvalue weighted by atomic mass is 10.1. The van der Waals surface area contributed by atoms with Crippen LogP contribution in [0.2, 0.25) is 0 Å². The molecule has 0 saturated carbocycles. The van der Waals surface area contributed by atoms with Gasteiger partial charge in [-0.3, -0.25) is 0 Å². The summed E-state index contributed by atoms with van der Waals surface area (Å²) in [4.78, 5) is 0. The van der Waals surface area contributed by atoms with Crippen LogP contribution in [0.25, 0.3) is 0 Å². The van der Waals surface area contributed by atoms with Crippen LogP contribution in [0.4, 0.5) is 0 Å². The Labute approximate surface area is 76.8 Å². The fraction of sp³-hybridized carbons (Fsp3) is 0.222. The molecule has 0 spiro atoms. The van der Waals surface area contributed by atoms with Crippen LogP contribution in [0.15, 0.2) is 18.2 Å². The molecule has 0 aliphatic heterocycles. The van der Waals surface area contributed by atoms with Crippen molar-refractivity contribution in [3.63, 3.8) is 0 Å². The maximum atomic E-state index is 9.37. The Morgan fingerprint density at radius 2 is 2.17 bits per heavy atom. The van der Waals surface area contributed by atoms with Crippen molar-refractivity contribution in [3.05, 3.63) is 29.3 Å². The van der Waals surface area contributed by atoms with E-state index in [1.165, 1.54) is 7.11 Å². The maximum absolute atomic E-state index is 9.37. The van der Waals surface area contributed by atoms with E-state index in [0.29, 0.717) is 10.6 Å². The van der Waals surface area contributed by atoms with Crippen molar-refractivity contribution >= 4 is 17.3 Å². The van der Waals surface area contributed by atoms with E-state index in [2.05, 4.69) is 0 Å². The van der Waals surface area contributed by atoms with Crippen LogP contribution in [0.3, 0.4) is 0 Å². The average Bonchev–Trinajstić information content (AvgIpc) is 2.08. The molecular formula is C9H10O2S. The minimum absolute atomic E-state index is 0.160. The number of benzene rings is 1. The number of hydrogen-bond acceptors (Lipinski definition) is 3. The summed E-state index contributed by atoms with van der Waals surface area (Å²) in [7, 11) is 1.49. The summed E-state index contributed by atoms with van der Waals surface area (Å²) in [6, 6.07) is 5.22. The van der Waals surface area contributed by atoms with E-state index in [1.807, 2.05) is 13.0 Å². The minimum atomic E-state index is 0.160. The first kappa shape index (κ1) is 9.00. The minimum Gasteiger partial charge on any atom is -0.507 e. The zero-order valence-electron chi connectivity index (χ0n) is 7.00. The quantitative estimate of drug-likeness (QED) is 0.674. The second kappa shape index (κ2) is 3.54. The molecule has 1 N–H and O–H groups in total. The molecule has 0 amide bonds. The Kier molecular flexibility index (Phi) is 2.65. The molecule has 0 aliphatic carbocycles. The van der Waals surface area contributed by atoms with Gasteiger partial charge in [0.25, 0.3) is 0 Å². The predicted octanol–water partition coefficient (Wildman–Crippen LogP) is 2.02. The van der Waals surface area contributed by atoms with Gasteiger partial charge in [0.2, 0.25) is 0 Å². The topological polar surface area (TPSA) is 29.5 Å². The zero-order chi connectivity index (χ0) is 9.14. The molecule has 0 aliphatic rings. The second-order valence-electron chi connectivity index (χ2n) is 2.51. The summed E-state index contributed by atoms with van der Waals surface area (Å²) < 4.78 is 4.84. The molecule has 0 radical (unpaired) electrons. The van der Waals surface area contributed by atoms with E-state index < -0.39 is 0 Å². The maximum Gasteiger partial charge on any atom is 0.194 e. The number of phenols is 1. The molecule has 1 aromatic carbocycles. The van der Waals surface area contributed by atoms with Crippen LogP contribution in [0.5, 0.6) is 5.75 Å². The van der Waals surface area contributed by atoms with Crippen molar-refractivity contribution in [2.45, 2.75) is 6.92 Å². The van der Waals surface area contributed by atoms with Crippen LogP contribution >= 0.6 is 12.2 Å². The van der Waals surface area contributed by atoms with Crippen molar-refractivity contribution in [1.82, 2.24) is 0 Å². The Bertz CT molecular complexity index is 307. The average molecular weight is 182 g/mol. The molecule has 0 fully saturated rings. The van der Waals surface area contributed by atoms with Crippen molar-refractivity contribution in [2.75, 3.05) is 7.11 Å². The Morgan fingerprint density at radius 3 is 2.75 bits per heavy atom. The van der Waals surface area contributed by atoms with Crippen molar-refractivity contribution in [1.29, 1.82) is 0 Å². The van der Waals surface area contributed by atoms with E-state index in [1.54, 1.807) is 12.1 Å². The molecule has 0 unspecified atom stereocenters. The van der Waals surface area contributed by atoms with E-state index in [-0.39, 0.29) is 5.75 Å². The standard InChI is InChI=1S/C9H10O2S/c1-6-3-4-8(10)7(5-6)9(12)11-2/h3-5,10H,1-2H3. The lowest BCUT2D eigenvalue weighted by Crippen LogP contribution is -1.99. The smallest absolute Gasteiger partial charge is 0.194 e. The summed E-state index contributed by atoms with van der Waals surface area (Å²) >= 11 is 4.89. The predicted molar refractivity (Wildman–Crippen MR) is 51.6 cm³/mol. The molecule has 0 aromatic heterocycles. The van der Waals surface area contributed by atoms with Gasteiger partial charge in [0.15, 0.2) is 5.05 Å². The summed E-state index contributed by atoms with van der Waals surface area (Å²) in [6.45, 7) is 1.93. The fourth-order valence-corrected chi connectivity index (χ4v) is 1.09. The number of thiocarbonyl (C=S) groups is 1. The molecule has 0 heterocycles. The van der Waals surface area contributed by atoms with Crippen LogP contribution in [0.1, 0.15) is 11.1 Å². The third-order valence-corrected chi connectivity index (χ3v) is 1.94. The van der Waals surface area contributed by atoms with Gasteiger partial charge in [-0.05, 0) is 31.3 Å². The largest absolute Gasteiger partial charge is 0.507 e. The molecule has 1 rings (SSSR count). The Morgan fingerprint density at radius 1 is 1.50 bits per heavy atom. The van der Waals surface area contributed by atoms with Gasteiger partial charge in [0, 0.05) is 0 Å². The van der Waals surface area contributed by atoms with E-state index in [9.17, 15) is 5.11 Å². The van der Waals surface area contributed by atoms with Crippen LogP contribution in [-0.2, 0) is 4.74 Å². The van der Waals surface area contributed by atoms with E-state index >= 15 is 0 Å². The molecular weight excluding hydrogens is 172 g/mol. The monoisotopic (exact) mass is 182 g/mol. The van der Waals surface area contributed by atoms with Gasteiger partial charge >= 0.3 is 0 Å². The van der Waals surface area contributed by atoms with Crippen LogP contribution in [-0.4, -0.2) is 17.3 Å². The lowest BCUT2D eigenvalue weighted by Gasteiger charge is -2.05. The molecule has 3 heteroatoms. The molecule has 2 nitrogen and oxygen atoms in total. The number of methoxy groups -OCH3 is 1. The molecule has 0 atom stereocenters. The highest BCUT2D eigenvalue weighted by molar-refractivity contribution is 7.80. The van der Waals surface area contributed by atoms with Crippen LogP contribution < -0.4 is 0 Å². The lowest BCUT2D eigenvalue weighted by molar-refractivity contribution is 0.410. The number of aromatic hydroxyl groups is 1. The van der Waals surface area contributed by atoms with Crippen molar-refractivity contribution in [2.24, 2.45) is 0 Å². The van der Waals surface area contributed by atoms with Gasteiger partial charge in [-0.15, -0.1) is 0 Å². The zero-order valence-corrected chi connectivity index (χ0v) is 7.81. The van der Waals surface area contributed by atoms with Crippen LogP contribution in [0, 0.1) is 6.92 Å². The third kappa shape index (κ3) is 1.74. The van der Waals surface area contributed by atoms with Gasteiger partial charge in [-0.25, -0.2) is 0 Å². The Hall–Kier alpha value is -1.09. The van der Waals surface area contributed by atoms with Gasteiger partial charge in [-0.1, -0.05) is 11.6 Å². The number of phenolic OH excluding ortho intramolecular Hbond substituents is 1. The summed E-state index contributed by atoms with van der Waals surface area (Å²) in [6.07, 6.45) is 0.